The van der Waals surface area contributed by atoms with Gasteiger partial charge in [0.15, 0.2) is 0 Å². The van der Waals surface area contributed by atoms with Crippen LogP contribution in [0.15, 0.2) is 11.6 Å². The first-order valence-electron chi connectivity index (χ1n) is 15.2. The minimum atomic E-state index is -0.139. The summed E-state index contributed by atoms with van der Waals surface area (Å²) in [5.74, 6) is 2.88. The molecule has 0 N–H and O–H groups in total. The fourth-order valence-electron chi connectivity index (χ4n) is 11.5. The van der Waals surface area contributed by atoms with E-state index in [1.54, 1.807) is 12.5 Å². The van der Waals surface area contributed by atoms with Gasteiger partial charge in [0.2, 0.25) is 0 Å². The Morgan fingerprint density at radius 1 is 0.973 bits per heavy atom. The molecule has 4 nitrogen and oxygen atoms in total. The number of fused-ring (bicyclic) bond motifs is 7. The second kappa shape index (κ2) is 8.85. The summed E-state index contributed by atoms with van der Waals surface area (Å²) in [6.45, 7) is 20.3. The molecule has 0 aliphatic heterocycles. The van der Waals surface area contributed by atoms with Crippen LogP contribution in [-0.2, 0) is 19.1 Å². The van der Waals surface area contributed by atoms with Gasteiger partial charge in [-0.15, -0.1) is 0 Å². The average Bonchev–Trinajstić information content (AvgIpc) is 2.82. The van der Waals surface area contributed by atoms with Gasteiger partial charge in [0.25, 0.3) is 6.47 Å². The van der Waals surface area contributed by atoms with Crippen LogP contribution < -0.4 is 0 Å². The molecule has 4 fully saturated rings. The van der Waals surface area contributed by atoms with Crippen molar-refractivity contribution in [2.24, 2.45) is 56.7 Å². The predicted molar refractivity (Wildman–Crippen MR) is 147 cm³/mol. The van der Waals surface area contributed by atoms with Crippen molar-refractivity contribution in [3.05, 3.63) is 11.6 Å². The molecule has 0 saturated heterocycles. The SMILES string of the molecule is CC(=O)O[C@H]1CC[C@]2(C)[C@H]3CC=C4[C@@H]5[C@@H](C)[C@H](C)CC[C@]5(COC=O)CC[C@@]4(C)[C@]3(C)CC[C@H]2C1(C)C. The lowest BCUT2D eigenvalue weighted by molar-refractivity contribution is -0.214. The zero-order valence-corrected chi connectivity index (χ0v) is 24.8. The van der Waals surface area contributed by atoms with E-state index in [1.807, 2.05) is 0 Å². The number of carbonyl (C=O) groups is 2. The molecule has 0 spiro atoms. The molecule has 4 heteroatoms. The molecule has 0 aromatic rings. The summed E-state index contributed by atoms with van der Waals surface area (Å²) < 4.78 is 11.5. The molecule has 0 unspecified atom stereocenters. The Kier molecular flexibility index (Phi) is 6.52. The van der Waals surface area contributed by atoms with Gasteiger partial charge in [-0.25, -0.2) is 0 Å². The van der Waals surface area contributed by atoms with Gasteiger partial charge >= 0.3 is 5.97 Å². The zero-order valence-electron chi connectivity index (χ0n) is 24.8. The van der Waals surface area contributed by atoms with Crippen LogP contribution in [0.4, 0.5) is 0 Å². The maximum Gasteiger partial charge on any atom is 0.302 e. The van der Waals surface area contributed by atoms with Gasteiger partial charge in [0, 0.05) is 17.8 Å². The molecule has 5 rings (SSSR count). The smallest absolute Gasteiger partial charge is 0.302 e. The van der Waals surface area contributed by atoms with Crippen LogP contribution in [0.5, 0.6) is 0 Å². The van der Waals surface area contributed by atoms with Crippen LogP contribution in [0.1, 0.15) is 113 Å². The van der Waals surface area contributed by atoms with E-state index < -0.39 is 0 Å². The van der Waals surface area contributed by atoms with Crippen molar-refractivity contribution in [3.8, 4) is 0 Å². The van der Waals surface area contributed by atoms with Crippen molar-refractivity contribution in [2.75, 3.05) is 6.61 Å². The molecule has 0 amide bonds. The third kappa shape index (κ3) is 3.65. The molecule has 37 heavy (non-hydrogen) atoms. The fourth-order valence-corrected chi connectivity index (χ4v) is 11.5. The normalized spacial score (nSPS) is 50.3. The van der Waals surface area contributed by atoms with Crippen LogP contribution in [0.25, 0.3) is 0 Å². The number of hydrogen-bond acceptors (Lipinski definition) is 4. The van der Waals surface area contributed by atoms with Gasteiger partial charge in [0.1, 0.15) is 6.10 Å². The Bertz CT molecular complexity index is 967. The number of ether oxygens (including phenoxy) is 2. The predicted octanol–water partition coefficient (Wildman–Crippen LogP) is 7.75. The fraction of sp³-hybridized carbons (Fsp3) is 0.879. The molecule has 0 bridgehead atoms. The molecular formula is C33H52O4. The summed E-state index contributed by atoms with van der Waals surface area (Å²) in [6, 6.07) is 0. The first-order chi connectivity index (χ1) is 17.3. The average molecular weight is 513 g/mol. The summed E-state index contributed by atoms with van der Waals surface area (Å²) in [7, 11) is 0. The van der Waals surface area contributed by atoms with Crippen molar-refractivity contribution < 1.29 is 19.1 Å². The van der Waals surface area contributed by atoms with Gasteiger partial charge in [-0.2, -0.15) is 0 Å². The van der Waals surface area contributed by atoms with E-state index in [0.29, 0.717) is 42.7 Å². The first kappa shape index (κ1) is 27.3. The van der Waals surface area contributed by atoms with Gasteiger partial charge in [-0.1, -0.05) is 60.1 Å². The maximum atomic E-state index is 11.9. The zero-order chi connectivity index (χ0) is 27.0. The Labute approximate surface area is 225 Å². The summed E-state index contributed by atoms with van der Waals surface area (Å²) in [6.07, 6.45) is 13.2. The minimum Gasteiger partial charge on any atom is -0.467 e. The minimum absolute atomic E-state index is 0.00784. The highest BCUT2D eigenvalue weighted by molar-refractivity contribution is 5.66. The Morgan fingerprint density at radius 2 is 1.70 bits per heavy atom. The third-order valence-corrected chi connectivity index (χ3v) is 13.8. The molecule has 0 aromatic carbocycles. The van der Waals surface area contributed by atoms with Crippen LogP contribution >= 0.6 is 0 Å². The second-order valence-corrected chi connectivity index (χ2v) is 15.4. The highest BCUT2D eigenvalue weighted by Gasteiger charge is 2.68. The van der Waals surface area contributed by atoms with Crippen molar-refractivity contribution in [2.45, 2.75) is 119 Å². The quantitative estimate of drug-likeness (QED) is 0.219. The molecule has 0 heterocycles. The summed E-state index contributed by atoms with van der Waals surface area (Å²) in [5, 5.41) is 0. The Morgan fingerprint density at radius 3 is 2.38 bits per heavy atom. The number of allylic oxidation sites excluding steroid dienone is 2. The Balaban J connectivity index is 1.54. The maximum absolute atomic E-state index is 11.9. The van der Waals surface area contributed by atoms with Gasteiger partial charge in [-0.05, 0) is 104 Å². The van der Waals surface area contributed by atoms with E-state index in [9.17, 15) is 9.59 Å². The van der Waals surface area contributed by atoms with Crippen molar-refractivity contribution in [1.29, 1.82) is 0 Å². The van der Waals surface area contributed by atoms with E-state index in [1.165, 1.54) is 38.5 Å². The third-order valence-electron chi connectivity index (χ3n) is 13.8. The molecule has 5 aliphatic carbocycles. The van der Waals surface area contributed by atoms with Crippen molar-refractivity contribution in [3.63, 3.8) is 0 Å². The van der Waals surface area contributed by atoms with E-state index in [0.717, 1.165) is 19.3 Å². The van der Waals surface area contributed by atoms with Crippen LogP contribution in [-0.4, -0.2) is 25.2 Å². The van der Waals surface area contributed by atoms with Crippen LogP contribution in [0.3, 0.4) is 0 Å². The highest BCUT2D eigenvalue weighted by atomic mass is 16.5. The first-order valence-corrected chi connectivity index (χ1v) is 15.2. The Hall–Kier alpha value is -1.32. The van der Waals surface area contributed by atoms with Crippen LogP contribution in [0.2, 0.25) is 0 Å². The van der Waals surface area contributed by atoms with E-state index in [2.05, 4.69) is 54.5 Å². The molecule has 5 aliphatic rings. The van der Waals surface area contributed by atoms with E-state index in [-0.39, 0.29) is 39.1 Å². The standard InChI is InChI=1S/C33H52O4/c1-21-11-16-33(19-36-20-34)18-17-31(7)24(28(33)22(21)2)9-10-26-30(6)14-13-27(37-23(3)35)29(4,5)25(30)12-15-32(26,31)8/h9,20-22,25-28H,10-19H2,1-8H3/t21-,22+,25+,26-,27+,28+,30+,31-,32-,33-/m1/s1. The number of hydrogen-bond donors (Lipinski definition) is 0. The van der Waals surface area contributed by atoms with Crippen LogP contribution in [0, 0.1) is 56.7 Å². The molecule has 10 atom stereocenters. The molecule has 4 saturated carbocycles. The van der Waals surface area contributed by atoms with Gasteiger partial charge in [-0.3, -0.25) is 9.59 Å². The molecule has 208 valence electrons. The summed E-state index contributed by atoms with van der Waals surface area (Å²) >= 11 is 0. The van der Waals surface area contributed by atoms with Crippen molar-refractivity contribution >= 4 is 12.4 Å². The lowest BCUT2D eigenvalue weighted by Gasteiger charge is -2.71. The molecular weight excluding hydrogens is 460 g/mol. The summed E-state index contributed by atoms with van der Waals surface area (Å²) in [4.78, 5) is 23.2. The molecule has 0 aromatic heterocycles. The molecule has 0 radical (unpaired) electrons. The topological polar surface area (TPSA) is 52.6 Å². The number of rotatable bonds is 4. The largest absolute Gasteiger partial charge is 0.467 e. The lowest BCUT2D eigenvalue weighted by Crippen LogP contribution is -2.65. The highest BCUT2D eigenvalue weighted by Crippen LogP contribution is 2.75. The monoisotopic (exact) mass is 512 g/mol. The number of carbonyl (C=O) groups excluding carboxylic acids is 2. The lowest BCUT2D eigenvalue weighted by atomic mass is 9.33. The second-order valence-electron chi connectivity index (χ2n) is 15.4. The number of esters is 1. The van der Waals surface area contributed by atoms with Gasteiger partial charge < -0.3 is 9.47 Å². The van der Waals surface area contributed by atoms with Gasteiger partial charge in [0.05, 0.1) is 6.61 Å². The summed E-state index contributed by atoms with van der Waals surface area (Å²) in [5.41, 5.74) is 2.49. The van der Waals surface area contributed by atoms with E-state index in [4.69, 9.17) is 9.47 Å². The van der Waals surface area contributed by atoms with Crippen molar-refractivity contribution in [1.82, 2.24) is 0 Å². The van der Waals surface area contributed by atoms with E-state index >= 15 is 0 Å².